The normalized spacial score (nSPS) is 15.0. The van der Waals surface area contributed by atoms with Crippen LogP contribution in [0.2, 0.25) is 0 Å². The van der Waals surface area contributed by atoms with E-state index in [2.05, 4.69) is 21.2 Å². The number of non-ortho nitro benzene ring substituents is 1. The zero-order chi connectivity index (χ0) is 21.3. The van der Waals surface area contributed by atoms with Crippen LogP contribution in [0, 0.1) is 10.1 Å². The van der Waals surface area contributed by atoms with Crippen LogP contribution in [0.5, 0.6) is 0 Å². The van der Waals surface area contributed by atoms with Crippen LogP contribution in [-0.2, 0) is 11.3 Å². The molecule has 4 rings (SSSR count). The summed E-state index contributed by atoms with van der Waals surface area (Å²) in [5, 5.41) is 13.4. The van der Waals surface area contributed by atoms with Crippen LogP contribution in [0.25, 0.3) is 11.8 Å². The van der Waals surface area contributed by atoms with Crippen molar-refractivity contribution in [1.29, 1.82) is 0 Å². The van der Waals surface area contributed by atoms with Gasteiger partial charge in [0.2, 0.25) is 0 Å². The molecule has 0 aliphatic carbocycles. The molecule has 0 spiro atoms. The summed E-state index contributed by atoms with van der Waals surface area (Å²) in [6.45, 7) is 0.0205. The Balaban J connectivity index is 1.57. The van der Waals surface area contributed by atoms with Crippen molar-refractivity contribution >= 4 is 39.6 Å². The summed E-state index contributed by atoms with van der Waals surface area (Å²) in [5.41, 5.74) is 2.36. The number of carbonyl (C=O) groups excluding carboxylic acids is 2. The van der Waals surface area contributed by atoms with Gasteiger partial charge in [-0.25, -0.2) is 4.79 Å². The van der Waals surface area contributed by atoms with Crippen LogP contribution in [0.15, 0.2) is 77.0 Å². The number of carbonyl (C=O) groups is 2. The van der Waals surface area contributed by atoms with Gasteiger partial charge in [0, 0.05) is 34.2 Å². The number of imide groups is 1. The highest BCUT2D eigenvalue weighted by Crippen LogP contribution is 2.22. The highest BCUT2D eigenvalue weighted by Gasteiger charge is 2.33. The molecule has 150 valence electrons. The Hall–Kier alpha value is -3.72. The van der Waals surface area contributed by atoms with Crippen molar-refractivity contribution < 1.29 is 14.5 Å². The number of hydrogen-bond acceptors (Lipinski definition) is 4. The molecule has 0 atom stereocenters. The van der Waals surface area contributed by atoms with Crippen molar-refractivity contribution in [3.8, 4) is 5.69 Å². The molecule has 0 saturated carbocycles. The molecule has 2 aromatic carbocycles. The monoisotopic (exact) mass is 466 g/mol. The van der Waals surface area contributed by atoms with Gasteiger partial charge in [0.1, 0.15) is 5.70 Å². The number of nitrogens with one attached hydrogen (secondary N) is 1. The summed E-state index contributed by atoms with van der Waals surface area (Å²) in [4.78, 5) is 36.4. The molecule has 0 bridgehead atoms. The third-order valence-electron chi connectivity index (χ3n) is 4.61. The van der Waals surface area contributed by atoms with E-state index in [4.69, 9.17) is 0 Å². The number of halogens is 1. The minimum absolute atomic E-state index is 0.0205. The Labute approximate surface area is 179 Å². The Morgan fingerprint density at radius 1 is 1.07 bits per heavy atom. The fourth-order valence-corrected chi connectivity index (χ4v) is 3.53. The summed E-state index contributed by atoms with van der Waals surface area (Å²) in [6, 6.07) is 16.6. The molecule has 8 nitrogen and oxygen atoms in total. The summed E-state index contributed by atoms with van der Waals surface area (Å²) in [6.07, 6.45) is 3.49. The van der Waals surface area contributed by atoms with Crippen LogP contribution < -0.4 is 5.32 Å². The van der Waals surface area contributed by atoms with E-state index in [1.807, 2.05) is 47.2 Å². The molecule has 1 aromatic heterocycles. The number of urea groups is 1. The molecular weight excluding hydrogens is 452 g/mol. The Morgan fingerprint density at radius 3 is 2.53 bits per heavy atom. The van der Waals surface area contributed by atoms with Gasteiger partial charge in [0.25, 0.3) is 11.6 Å². The maximum absolute atomic E-state index is 12.8. The number of aromatic nitrogens is 1. The molecule has 1 fully saturated rings. The van der Waals surface area contributed by atoms with Crippen molar-refractivity contribution in [3.05, 3.63) is 98.4 Å². The SMILES string of the molecule is O=C1N/C(=C\c2cccn2-c2cccc(Br)c2)C(=O)N1Cc1ccc([N+](=O)[O-])cc1. The van der Waals surface area contributed by atoms with Gasteiger partial charge in [-0.05, 0) is 42.0 Å². The summed E-state index contributed by atoms with van der Waals surface area (Å²) < 4.78 is 2.82. The van der Waals surface area contributed by atoms with E-state index < -0.39 is 16.9 Å². The van der Waals surface area contributed by atoms with E-state index >= 15 is 0 Å². The third-order valence-corrected chi connectivity index (χ3v) is 5.10. The van der Waals surface area contributed by atoms with Crippen LogP contribution in [-0.4, -0.2) is 26.3 Å². The number of amides is 3. The van der Waals surface area contributed by atoms with Gasteiger partial charge in [0.15, 0.2) is 0 Å². The number of nitro groups is 1. The van der Waals surface area contributed by atoms with Crippen LogP contribution >= 0.6 is 15.9 Å². The molecule has 2 heterocycles. The first-order chi connectivity index (χ1) is 14.4. The molecule has 30 heavy (non-hydrogen) atoms. The van der Waals surface area contributed by atoms with E-state index in [0.717, 1.165) is 20.8 Å². The molecule has 3 aromatic rings. The predicted molar refractivity (Wildman–Crippen MR) is 114 cm³/mol. The van der Waals surface area contributed by atoms with E-state index in [0.29, 0.717) is 5.56 Å². The van der Waals surface area contributed by atoms with Gasteiger partial charge in [0.05, 0.1) is 11.5 Å². The van der Waals surface area contributed by atoms with Gasteiger partial charge < -0.3 is 9.88 Å². The van der Waals surface area contributed by atoms with E-state index in [1.165, 1.54) is 24.3 Å². The number of rotatable bonds is 5. The minimum atomic E-state index is -0.537. The lowest BCUT2D eigenvalue weighted by Crippen LogP contribution is -2.30. The van der Waals surface area contributed by atoms with Crippen LogP contribution in [0.4, 0.5) is 10.5 Å². The molecule has 1 aliphatic heterocycles. The first-order valence-electron chi connectivity index (χ1n) is 8.93. The zero-order valence-electron chi connectivity index (χ0n) is 15.5. The van der Waals surface area contributed by atoms with Crippen molar-refractivity contribution in [2.75, 3.05) is 0 Å². The first-order valence-corrected chi connectivity index (χ1v) is 9.73. The highest BCUT2D eigenvalue weighted by atomic mass is 79.9. The average Bonchev–Trinajstić information content (AvgIpc) is 3.29. The Bertz CT molecular complexity index is 1180. The fraction of sp³-hybridized carbons (Fsp3) is 0.0476. The van der Waals surface area contributed by atoms with E-state index in [1.54, 1.807) is 6.08 Å². The third kappa shape index (κ3) is 3.87. The van der Waals surface area contributed by atoms with Gasteiger partial charge in [-0.3, -0.25) is 19.8 Å². The van der Waals surface area contributed by atoms with Crippen molar-refractivity contribution in [3.63, 3.8) is 0 Å². The maximum Gasteiger partial charge on any atom is 0.329 e. The van der Waals surface area contributed by atoms with E-state index in [-0.39, 0.29) is 17.9 Å². The van der Waals surface area contributed by atoms with Crippen LogP contribution in [0.3, 0.4) is 0 Å². The second-order valence-corrected chi connectivity index (χ2v) is 7.50. The van der Waals surface area contributed by atoms with Crippen LogP contribution in [0.1, 0.15) is 11.3 Å². The van der Waals surface area contributed by atoms with Crippen molar-refractivity contribution in [1.82, 2.24) is 14.8 Å². The van der Waals surface area contributed by atoms with Gasteiger partial charge in [-0.15, -0.1) is 0 Å². The largest absolute Gasteiger partial charge is 0.329 e. The predicted octanol–water partition coefficient (Wildman–Crippen LogP) is 4.24. The highest BCUT2D eigenvalue weighted by molar-refractivity contribution is 9.10. The van der Waals surface area contributed by atoms with Crippen molar-refractivity contribution in [2.24, 2.45) is 0 Å². The molecule has 1 N–H and O–H groups in total. The van der Waals surface area contributed by atoms with Gasteiger partial charge in [-0.2, -0.15) is 0 Å². The Kier molecular flexibility index (Phi) is 5.20. The summed E-state index contributed by atoms with van der Waals surface area (Å²) in [5.74, 6) is -0.458. The molecule has 9 heteroatoms. The molecule has 0 radical (unpaired) electrons. The lowest BCUT2D eigenvalue weighted by molar-refractivity contribution is -0.384. The van der Waals surface area contributed by atoms with Crippen molar-refractivity contribution in [2.45, 2.75) is 6.54 Å². The average molecular weight is 467 g/mol. The molecule has 3 amide bonds. The molecule has 1 saturated heterocycles. The summed E-state index contributed by atoms with van der Waals surface area (Å²) in [7, 11) is 0. The number of nitrogens with zero attached hydrogens (tertiary/aromatic N) is 3. The quantitative estimate of drug-likeness (QED) is 0.263. The molecule has 1 aliphatic rings. The standard InChI is InChI=1S/C21H15BrN4O4/c22-15-3-1-4-17(11-15)24-10-2-5-18(24)12-19-20(27)25(21(28)23-19)13-14-6-8-16(9-7-14)26(29)30/h1-12H,13H2,(H,23,28)/b19-12-. The topological polar surface area (TPSA) is 97.5 Å². The first kappa shape index (κ1) is 19.6. The smallest absolute Gasteiger partial charge is 0.317 e. The van der Waals surface area contributed by atoms with Gasteiger partial charge >= 0.3 is 6.03 Å². The number of benzene rings is 2. The number of hydrogen-bond donors (Lipinski definition) is 1. The second kappa shape index (κ2) is 7.96. The molecular formula is C21H15BrN4O4. The second-order valence-electron chi connectivity index (χ2n) is 6.59. The van der Waals surface area contributed by atoms with Gasteiger partial charge in [-0.1, -0.05) is 34.1 Å². The lowest BCUT2D eigenvalue weighted by Gasteiger charge is -2.11. The van der Waals surface area contributed by atoms with E-state index in [9.17, 15) is 19.7 Å². The zero-order valence-corrected chi connectivity index (χ0v) is 17.1. The minimum Gasteiger partial charge on any atom is -0.317 e. The number of nitro benzene ring substituents is 1. The Morgan fingerprint density at radius 2 is 1.83 bits per heavy atom. The molecule has 0 unspecified atom stereocenters. The fourth-order valence-electron chi connectivity index (χ4n) is 3.14. The lowest BCUT2D eigenvalue weighted by atomic mass is 10.2. The maximum atomic E-state index is 12.8. The summed E-state index contributed by atoms with van der Waals surface area (Å²) >= 11 is 3.45.